The van der Waals surface area contributed by atoms with Gasteiger partial charge in [-0.05, 0) is 30.5 Å². The highest BCUT2D eigenvalue weighted by atomic mass is 32.2. The molecule has 0 saturated carbocycles. The van der Waals surface area contributed by atoms with Gasteiger partial charge >= 0.3 is 0 Å². The lowest BCUT2D eigenvalue weighted by Crippen LogP contribution is -2.31. The number of pyridine rings is 1. The maximum absolute atomic E-state index is 12.8. The third-order valence-corrected chi connectivity index (χ3v) is 5.91. The summed E-state index contributed by atoms with van der Waals surface area (Å²) in [6, 6.07) is 15.7. The molecule has 0 bridgehead atoms. The van der Waals surface area contributed by atoms with Crippen LogP contribution in [0.2, 0.25) is 0 Å². The molecule has 1 aliphatic carbocycles. The molecule has 1 aromatic carbocycles. The van der Waals surface area contributed by atoms with Gasteiger partial charge in [-0.25, -0.2) is 4.68 Å². The minimum atomic E-state index is -0.225. The third-order valence-electron chi connectivity index (χ3n) is 5.04. The van der Waals surface area contributed by atoms with E-state index in [9.17, 15) is 4.79 Å². The highest BCUT2D eigenvalue weighted by molar-refractivity contribution is 7.98. The van der Waals surface area contributed by atoms with E-state index >= 15 is 0 Å². The van der Waals surface area contributed by atoms with E-state index in [4.69, 9.17) is 5.10 Å². The van der Waals surface area contributed by atoms with Crippen molar-refractivity contribution < 1.29 is 4.79 Å². The number of nitrogens with one attached hydrogen (secondary N) is 1. The molecule has 140 valence electrons. The van der Waals surface area contributed by atoms with Crippen LogP contribution in [0.3, 0.4) is 0 Å². The zero-order chi connectivity index (χ0) is 18.9. The van der Waals surface area contributed by atoms with Crippen molar-refractivity contribution in [2.45, 2.75) is 36.2 Å². The molecule has 5 rings (SSSR count). The summed E-state index contributed by atoms with van der Waals surface area (Å²) in [6.07, 6.45) is 4.13. The van der Waals surface area contributed by atoms with Gasteiger partial charge in [0.25, 0.3) is 0 Å². The van der Waals surface area contributed by atoms with Crippen LogP contribution in [0.5, 0.6) is 0 Å². The van der Waals surface area contributed by atoms with E-state index < -0.39 is 0 Å². The summed E-state index contributed by atoms with van der Waals surface area (Å²) in [5.41, 5.74) is 3.86. The number of anilines is 1. The van der Waals surface area contributed by atoms with E-state index in [2.05, 4.69) is 27.4 Å². The number of aromatic nitrogens is 4. The quantitative estimate of drug-likeness (QED) is 0.680. The predicted molar refractivity (Wildman–Crippen MR) is 108 cm³/mol. The van der Waals surface area contributed by atoms with Crippen molar-refractivity contribution in [3.63, 3.8) is 0 Å². The fraction of sp³-hybridized carbons (Fsp3) is 0.238. The average Bonchev–Trinajstić information content (AvgIpc) is 3.15. The van der Waals surface area contributed by atoms with Crippen LogP contribution < -0.4 is 5.32 Å². The minimum absolute atomic E-state index is 0.200. The Balaban J connectivity index is 1.51. The zero-order valence-electron chi connectivity index (χ0n) is 15.2. The van der Waals surface area contributed by atoms with Crippen LogP contribution in [-0.2, 0) is 10.5 Å². The predicted octanol–water partition coefficient (Wildman–Crippen LogP) is 3.99. The molecule has 1 N–H and O–H groups in total. The molecule has 1 atom stereocenters. The van der Waals surface area contributed by atoms with Crippen molar-refractivity contribution in [1.82, 2.24) is 19.7 Å². The molecule has 2 aliphatic rings. The highest BCUT2D eigenvalue weighted by Gasteiger charge is 2.36. The van der Waals surface area contributed by atoms with Gasteiger partial charge in [0, 0.05) is 29.6 Å². The highest BCUT2D eigenvalue weighted by Crippen LogP contribution is 2.40. The number of fused-ring (bicyclic) bond motifs is 1. The lowest BCUT2D eigenvalue weighted by Gasteiger charge is -2.32. The molecular weight excluding hydrogens is 370 g/mol. The van der Waals surface area contributed by atoms with Gasteiger partial charge in [0.15, 0.2) is 5.78 Å². The summed E-state index contributed by atoms with van der Waals surface area (Å²) in [6.45, 7) is 0. The molecule has 2 aromatic heterocycles. The molecule has 0 saturated heterocycles. The Hall–Kier alpha value is -2.93. The summed E-state index contributed by atoms with van der Waals surface area (Å²) in [5, 5.41) is 8.79. The van der Waals surface area contributed by atoms with Gasteiger partial charge in [0.2, 0.25) is 11.1 Å². The number of ketones is 1. The minimum Gasteiger partial charge on any atom is -0.328 e. The largest absolute Gasteiger partial charge is 0.328 e. The maximum atomic E-state index is 12.8. The molecule has 3 aromatic rings. The smallest absolute Gasteiger partial charge is 0.227 e. The monoisotopic (exact) mass is 389 g/mol. The van der Waals surface area contributed by atoms with Crippen LogP contribution in [0.15, 0.2) is 71.2 Å². The first-order valence-electron chi connectivity index (χ1n) is 9.37. The first-order valence-corrected chi connectivity index (χ1v) is 10.4. The molecule has 0 amide bonds. The van der Waals surface area contributed by atoms with E-state index in [1.807, 2.05) is 41.1 Å². The number of rotatable bonds is 4. The summed E-state index contributed by atoms with van der Waals surface area (Å²) in [5.74, 6) is 1.60. The van der Waals surface area contributed by atoms with Crippen LogP contribution in [0.1, 0.15) is 36.6 Å². The second-order valence-electron chi connectivity index (χ2n) is 6.88. The summed E-state index contributed by atoms with van der Waals surface area (Å²) >= 11 is 1.55. The average molecular weight is 389 g/mol. The summed E-state index contributed by atoms with van der Waals surface area (Å²) < 4.78 is 1.86. The van der Waals surface area contributed by atoms with Gasteiger partial charge in [-0.15, -0.1) is 5.10 Å². The standard InChI is InChI=1S/C21H19N5OS/c27-17-11-6-10-16-18(17)19(14-7-2-1-3-8-14)26-20(23-16)24-21(25-26)28-13-15-9-4-5-12-22-15/h1-5,7-9,12,19H,6,10-11,13H2,(H,23,24,25)/t19-/m1/s1. The SMILES string of the molecule is O=C1CCCC2=C1[C@@H](c1ccccc1)n1nc(SCc3ccccn3)nc1N2. The van der Waals surface area contributed by atoms with Gasteiger partial charge in [-0.2, -0.15) is 4.98 Å². The Morgan fingerprint density at radius 1 is 1.11 bits per heavy atom. The van der Waals surface area contributed by atoms with E-state index in [0.717, 1.165) is 35.4 Å². The Morgan fingerprint density at radius 3 is 2.79 bits per heavy atom. The van der Waals surface area contributed by atoms with Gasteiger partial charge in [-0.1, -0.05) is 48.2 Å². The Labute approximate surface area is 167 Å². The second kappa shape index (κ2) is 7.24. The fourth-order valence-corrected chi connectivity index (χ4v) is 4.51. The Kier molecular flexibility index (Phi) is 4.44. The van der Waals surface area contributed by atoms with Crippen LogP contribution >= 0.6 is 11.8 Å². The van der Waals surface area contributed by atoms with E-state index in [0.29, 0.717) is 23.3 Å². The Bertz CT molecular complexity index is 1050. The van der Waals surface area contributed by atoms with Gasteiger partial charge in [0.05, 0.1) is 5.69 Å². The van der Waals surface area contributed by atoms with E-state index in [-0.39, 0.29) is 11.8 Å². The van der Waals surface area contributed by atoms with E-state index in [1.54, 1.807) is 18.0 Å². The maximum Gasteiger partial charge on any atom is 0.227 e. The van der Waals surface area contributed by atoms with Crippen molar-refractivity contribution in [3.05, 3.63) is 77.3 Å². The van der Waals surface area contributed by atoms with Crippen LogP contribution in [0.25, 0.3) is 0 Å². The number of carbonyl (C=O) groups excluding carboxylic acids is 1. The number of hydrogen-bond donors (Lipinski definition) is 1. The molecule has 0 radical (unpaired) electrons. The first kappa shape index (κ1) is 17.2. The van der Waals surface area contributed by atoms with Gasteiger partial charge in [-0.3, -0.25) is 9.78 Å². The van der Waals surface area contributed by atoms with E-state index in [1.165, 1.54) is 0 Å². The normalized spacial score (nSPS) is 18.4. The van der Waals surface area contributed by atoms with Crippen molar-refractivity contribution in [2.75, 3.05) is 5.32 Å². The van der Waals surface area contributed by atoms with Crippen molar-refractivity contribution in [1.29, 1.82) is 0 Å². The van der Waals surface area contributed by atoms with Gasteiger partial charge in [0.1, 0.15) is 6.04 Å². The molecule has 0 fully saturated rings. The lowest BCUT2D eigenvalue weighted by molar-refractivity contribution is -0.116. The lowest BCUT2D eigenvalue weighted by atomic mass is 9.85. The summed E-state index contributed by atoms with van der Waals surface area (Å²) in [7, 11) is 0. The number of allylic oxidation sites excluding steroid dienone is 2. The van der Waals surface area contributed by atoms with Crippen LogP contribution in [0.4, 0.5) is 5.95 Å². The molecule has 7 heteroatoms. The number of thioether (sulfide) groups is 1. The third kappa shape index (κ3) is 3.11. The van der Waals surface area contributed by atoms with Crippen molar-refractivity contribution in [3.8, 4) is 0 Å². The molecule has 28 heavy (non-hydrogen) atoms. The fourth-order valence-electron chi connectivity index (χ4n) is 3.76. The zero-order valence-corrected chi connectivity index (χ0v) is 16.0. The molecule has 6 nitrogen and oxygen atoms in total. The number of carbonyl (C=O) groups is 1. The second-order valence-corrected chi connectivity index (χ2v) is 7.82. The van der Waals surface area contributed by atoms with Crippen molar-refractivity contribution >= 4 is 23.5 Å². The van der Waals surface area contributed by atoms with Crippen molar-refractivity contribution in [2.24, 2.45) is 0 Å². The van der Waals surface area contributed by atoms with Crippen LogP contribution in [0, 0.1) is 0 Å². The number of benzene rings is 1. The molecule has 1 aliphatic heterocycles. The molecule has 3 heterocycles. The first-order chi connectivity index (χ1) is 13.8. The topological polar surface area (TPSA) is 72.7 Å². The summed E-state index contributed by atoms with van der Waals surface area (Å²) in [4.78, 5) is 21.8. The molecular formula is C21H19N5OS. The number of nitrogens with zero attached hydrogens (tertiary/aromatic N) is 4. The Morgan fingerprint density at radius 2 is 1.96 bits per heavy atom. The number of Topliss-reactive ketones (excluding diaryl/α,β-unsaturated/α-hetero) is 1. The van der Waals surface area contributed by atoms with Gasteiger partial charge < -0.3 is 5.32 Å². The molecule has 0 spiro atoms. The number of hydrogen-bond acceptors (Lipinski definition) is 6. The molecule has 0 unspecified atom stereocenters. The van der Waals surface area contributed by atoms with Crippen LogP contribution in [-0.4, -0.2) is 25.5 Å².